The van der Waals surface area contributed by atoms with E-state index < -0.39 is 0 Å². The zero-order chi connectivity index (χ0) is 21.7. The number of aromatic nitrogens is 2. The van der Waals surface area contributed by atoms with Crippen molar-refractivity contribution in [1.82, 2.24) is 19.6 Å². The molecule has 1 aromatic carbocycles. The van der Waals surface area contributed by atoms with Crippen molar-refractivity contribution in [2.45, 2.75) is 45.2 Å². The first-order valence-electron chi connectivity index (χ1n) is 10.7. The maximum atomic E-state index is 12.9. The average Bonchev–Trinajstić information content (AvgIpc) is 3.27. The summed E-state index contributed by atoms with van der Waals surface area (Å²) in [6.07, 6.45) is 6.60. The molecular formula is C23H34N4O3. The van der Waals surface area contributed by atoms with E-state index in [0.717, 1.165) is 50.4 Å². The van der Waals surface area contributed by atoms with Gasteiger partial charge >= 0.3 is 0 Å². The Balaban J connectivity index is 1.57. The quantitative estimate of drug-likeness (QED) is 0.664. The number of carbonyl (C=O) groups excluding carboxylic acids is 1. The Labute approximate surface area is 179 Å². The summed E-state index contributed by atoms with van der Waals surface area (Å²) in [5, 5.41) is 4.31. The highest BCUT2D eigenvalue weighted by atomic mass is 16.5. The van der Waals surface area contributed by atoms with Gasteiger partial charge in [0.15, 0.2) is 11.5 Å². The van der Waals surface area contributed by atoms with E-state index in [4.69, 9.17) is 9.47 Å². The SMILES string of the molecule is COc1ccc(CCN(C)[C@@H]2CCCN(C(=O)c3cnn(C(C)C)c3)C2)cc1OC. The summed E-state index contributed by atoms with van der Waals surface area (Å²) in [7, 11) is 5.46. The minimum Gasteiger partial charge on any atom is -0.493 e. The van der Waals surface area contributed by atoms with Crippen LogP contribution in [0.2, 0.25) is 0 Å². The molecule has 0 N–H and O–H groups in total. The molecule has 1 aromatic heterocycles. The molecule has 3 rings (SSSR count). The van der Waals surface area contributed by atoms with Gasteiger partial charge in [-0.15, -0.1) is 0 Å². The Morgan fingerprint density at radius 3 is 2.70 bits per heavy atom. The molecule has 7 heteroatoms. The largest absolute Gasteiger partial charge is 0.493 e. The number of rotatable bonds is 8. The predicted molar refractivity (Wildman–Crippen MR) is 117 cm³/mol. The number of benzene rings is 1. The number of hydrogen-bond donors (Lipinski definition) is 0. The maximum Gasteiger partial charge on any atom is 0.257 e. The Hall–Kier alpha value is -2.54. The third-order valence-corrected chi connectivity index (χ3v) is 5.89. The van der Waals surface area contributed by atoms with E-state index in [1.165, 1.54) is 5.56 Å². The molecule has 30 heavy (non-hydrogen) atoms. The van der Waals surface area contributed by atoms with Crippen LogP contribution >= 0.6 is 0 Å². The van der Waals surface area contributed by atoms with Crippen molar-refractivity contribution in [1.29, 1.82) is 0 Å². The molecule has 1 amide bonds. The molecule has 0 unspecified atom stereocenters. The maximum absolute atomic E-state index is 12.9. The van der Waals surface area contributed by atoms with E-state index in [2.05, 4.69) is 37.0 Å². The topological polar surface area (TPSA) is 59.8 Å². The van der Waals surface area contributed by atoms with Crippen LogP contribution in [-0.2, 0) is 6.42 Å². The van der Waals surface area contributed by atoms with Crippen LogP contribution in [0.5, 0.6) is 11.5 Å². The zero-order valence-corrected chi connectivity index (χ0v) is 18.8. The van der Waals surface area contributed by atoms with E-state index in [9.17, 15) is 4.79 Å². The molecule has 0 aliphatic carbocycles. The molecule has 2 aromatic rings. The van der Waals surface area contributed by atoms with E-state index in [-0.39, 0.29) is 11.9 Å². The normalized spacial score (nSPS) is 16.9. The van der Waals surface area contributed by atoms with Gasteiger partial charge in [0.25, 0.3) is 5.91 Å². The first kappa shape index (κ1) is 22.2. The fourth-order valence-corrected chi connectivity index (χ4v) is 3.94. The number of piperidine rings is 1. The van der Waals surface area contributed by atoms with Gasteiger partial charge in [-0.2, -0.15) is 5.10 Å². The number of hydrogen-bond acceptors (Lipinski definition) is 5. The Morgan fingerprint density at radius 2 is 2.03 bits per heavy atom. The minimum atomic E-state index is 0.0832. The van der Waals surface area contributed by atoms with Crippen molar-refractivity contribution in [3.63, 3.8) is 0 Å². The molecule has 2 heterocycles. The van der Waals surface area contributed by atoms with Crippen LogP contribution in [0.3, 0.4) is 0 Å². The van der Waals surface area contributed by atoms with Crippen LogP contribution in [0.15, 0.2) is 30.6 Å². The lowest BCUT2D eigenvalue weighted by atomic mass is 10.0. The Bertz CT molecular complexity index is 849. The highest BCUT2D eigenvalue weighted by Gasteiger charge is 2.27. The smallest absolute Gasteiger partial charge is 0.257 e. The van der Waals surface area contributed by atoms with Gasteiger partial charge in [0, 0.05) is 37.9 Å². The summed E-state index contributed by atoms with van der Waals surface area (Å²) in [5.74, 6) is 1.59. The molecule has 0 spiro atoms. The first-order chi connectivity index (χ1) is 14.4. The van der Waals surface area contributed by atoms with Crippen LogP contribution < -0.4 is 9.47 Å². The summed E-state index contributed by atoms with van der Waals surface area (Å²) in [5.41, 5.74) is 1.89. The zero-order valence-electron chi connectivity index (χ0n) is 18.8. The minimum absolute atomic E-state index is 0.0832. The van der Waals surface area contributed by atoms with Crippen molar-refractivity contribution in [3.8, 4) is 11.5 Å². The van der Waals surface area contributed by atoms with Gasteiger partial charge in [-0.05, 0) is 57.9 Å². The second kappa shape index (κ2) is 9.98. The second-order valence-electron chi connectivity index (χ2n) is 8.27. The van der Waals surface area contributed by atoms with Gasteiger partial charge in [-0.1, -0.05) is 6.07 Å². The lowest BCUT2D eigenvalue weighted by Crippen LogP contribution is -2.49. The number of methoxy groups -OCH3 is 2. The summed E-state index contributed by atoms with van der Waals surface area (Å²) in [6.45, 7) is 6.62. The molecule has 0 radical (unpaired) electrons. The van der Waals surface area contributed by atoms with Crippen molar-refractivity contribution in [2.24, 2.45) is 0 Å². The Kier molecular flexibility index (Phi) is 7.37. The highest BCUT2D eigenvalue weighted by Crippen LogP contribution is 2.28. The van der Waals surface area contributed by atoms with E-state index >= 15 is 0 Å². The number of likely N-dealkylation sites (tertiary alicyclic amines) is 1. The molecule has 1 aliphatic rings. The lowest BCUT2D eigenvalue weighted by Gasteiger charge is -2.37. The summed E-state index contributed by atoms with van der Waals surface area (Å²) in [4.78, 5) is 17.3. The van der Waals surface area contributed by atoms with Crippen molar-refractivity contribution < 1.29 is 14.3 Å². The average molecular weight is 415 g/mol. The van der Waals surface area contributed by atoms with Gasteiger partial charge in [0.1, 0.15) is 0 Å². The second-order valence-corrected chi connectivity index (χ2v) is 8.27. The van der Waals surface area contributed by atoms with Crippen LogP contribution in [-0.4, -0.2) is 72.4 Å². The molecule has 1 atom stereocenters. The number of ether oxygens (including phenoxy) is 2. The summed E-state index contributed by atoms with van der Waals surface area (Å²) in [6, 6.07) is 6.69. The molecule has 7 nitrogen and oxygen atoms in total. The van der Waals surface area contributed by atoms with Gasteiger partial charge in [0.05, 0.1) is 26.0 Å². The molecule has 1 saturated heterocycles. The van der Waals surface area contributed by atoms with Gasteiger partial charge in [0.2, 0.25) is 0 Å². The third-order valence-electron chi connectivity index (χ3n) is 5.89. The van der Waals surface area contributed by atoms with Crippen molar-refractivity contribution >= 4 is 5.91 Å². The summed E-state index contributed by atoms with van der Waals surface area (Å²) >= 11 is 0. The van der Waals surface area contributed by atoms with Crippen LogP contribution in [0.25, 0.3) is 0 Å². The molecule has 1 fully saturated rings. The molecule has 0 saturated carbocycles. The number of nitrogens with zero attached hydrogens (tertiary/aromatic N) is 4. The number of carbonyl (C=O) groups is 1. The highest BCUT2D eigenvalue weighted by molar-refractivity contribution is 5.93. The van der Waals surface area contributed by atoms with Crippen molar-refractivity contribution in [3.05, 3.63) is 41.7 Å². The predicted octanol–water partition coefficient (Wildman–Crippen LogP) is 3.26. The van der Waals surface area contributed by atoms with Crippen LogP contribution in [0.1, 0.15) is 48.7 Å². The number of amides is 1. The fraction of sp³-hybridized carbons (Fsp3) is 0.565. The van der Waals surface area contributed by atoms with Crippen molar-refractivity contribution in [2.75, 3.05) is 40.9 Å². The van der Waals surface area contributed by atoms with Gasteiger partial charge in [-0.3, -0.25) is 9.48 Å². The monoisotopic (exact) mass is 414 g/mol. The van der Waals surface area contributed by atoms with E-state index in [0.29, 0.717) is 11.6 Å². The van der Waals surface area contributed by atoms with Crippen LogP contribution in [0.4, 0.5) is 0 Å². The van der Waals surface area contributed by atoms with Gasteiger partial charge < -0.3 is 19.3 Å². The molecular weight excluding hydrogens is 380 g/mol. The molecule has 1 aliphatic heterocycles. The van der Waals surface area contributed by atoms with E-state index in [1.807, 2.05) is 27.9 Å². The standard InChI is InChI=1S/C23H34N4O3/c1-17(2)27-15-19(14-24-27)23(28)26-11-6-7-20(16-26)25(3)12-10-18-8-9-21(29-4)22(13-18)30-5/h8-9,13-15,17,20H,6-7,10-12,16H2,1-5H3/t20-/m1/s1. The number of likely N-dealkylation sites (N-methyl/N-ethyl adjacent to an activating group) is 1. The fourth-order valence-electron chi connectivity index (χ4n) is 3.94. The van der Waals surface area contributed by atoms with Gasteiger partial charge in [-0.25, -0.2) is 0 Å². The molecule has 164 valence electrons. The Morgan fingerprint density at radius 1 is 1.27 bits per heavy atom. The third kappa shape index (κ3) is 5.14. The lowest BCUT2D eigenvalue weighted by molar-refractivity contribution is 0.0611. The molecule has 0 bridgehead atoms. The first-order valence-corrected chi connectivity index (χ1v) is 10.7. The van der Waals surface area contributed by atoms with Crippen LogP contribution in [0, 0.1) is 0 Å². The summed E-state index contributed by atoms with van der Waals surface area (Å²) < 4.78 is 12.6. The van der Waals surface area contributed by atoms with E-state index in [1.54, 1.807) is 20.4 Å².